The SMILES string of the molecule is CC#CCCCCCCC=NOC. The van der Waals surface area contributed by atoms with Crippen molar-refractivity contribution < 1.29 is 4.84 Å². The highest BCUT2D eigenvalue weighted by Crippen LogP contribution is 2.03. The Labute approximate surface area is 81.4 Å². The Kier molecular flexibility index (Phi) is 10.2. The van der Waals surface area contributed by atoms with Gasteiger partial charge in [0.05, 0.1) is 0 Å². The fourth-order valence-electron chi connectivity index (χ4n) is 1.05. The molecule has 0 rings (SSSR count). The fourth-order valence-corrected chi connectivity index (χ4v) is 1.05. The molecule has 0 fully saturated rings. The summed E-state index contributed by atoms with van der Waals surface area (Å²) >= 11 is 0. The van der Waals surface area contributed by atoms with Crippen molar-refractivity contribution in [2.24, 2.45) is 5.16 Å². The summed E-state index contributed by atoms with van der Waals surface area (Å²) in [7, 11) is 1.57. The standard InChI is InChI=1S/C11H19NO/c1-3-4-5-6-7-8-9-10-11-12-13-2/h11H,5-10H2,1-2H3. The van der Waals surface area contributed by atoms with Crippen LogP contribution >= 0.6 is 0 Å². The number of hydrogen-bond acceptors (Lipinski definition) is 2. The minimum absolute atomic E-state index is 1.02. The van der Waals surface area contributed by atoms with Gasteiger partial charge in [0, 0.05) is 12.6 Å². The van der Waals surface area contributed by atoms with E-state index in [1.807, 2.05) is 13.1 Å². The van der Waals surface area contributed by atoms with Crippen LogP contribution in [0.25, 0.3) is 0 Å². The highest BCUT2D eigenvalue weighted by Gasteiger charge is 1.87. The second-order valence-corrected chi connectivity index (χ2v) is 2.85. The number of rotatable bonds is 7. The molecule has 2 heteroatoms. The average molecular weight is 181 g/mol. The smallest absolute Gasteiger partial charge is 0.106 e. The molecule has 0 aliphatic carbocycles. The summed E-state index contributed by atoms with van der Waals surface area (Å²) in [4.78, 5) is 4.55. The van der Waals surface area contributed by atoms with E-state index in [-0.39, 0.29) is 0 Å². The van der Waals surface area contributed by atoms with Crippen molar-refractivity contribution in [3.05, 3.63) is 0 Å². The quantitative estimate of drug-likeness (QED) is 0.256. The van der Waals surface area contributed by atoms with E-state index >= 15 is 0 Å². The topological polar surface area (TPSA) is 21.6 Å². The van der Waals surface area contributed by atoms with E-state index < -0.39 is 0 Å². The number of unbranched alkanes of at least 4 members (excludes halogenated alkanes) is 5. The zero-order chi connectivity index (χ0) is 9.78. The zero-order valence-electron chi connectivity index (χ0n) is 8.68. The van der Waals surface area contributed by atoms with Gasteiger partial charge >= 0.3 is 0 Å². The second-order valence-electron chi connectivity index (χ2n) is 2.85. The van der Waals surface area contributed by atoms with Gasteiger partial charge in [-0.3, -0.25) is 0 Å². The van der Waals surface area contributed by atoms with Crippen molar-refractivity contribution in [3.63, 3.8) is 0 Å². The molecule has 0 bridgehead atoms. The van der Waals surface area contributed by atoms with Gasteiger partial charge in [0.1, 0.15) is 7.11 Å². The van der Waals surface area contributed by atoms with E-state index in [0.717, 1.165) is 12.8 Å². The summed E-state index contributed by atoms with van der Waals surface area (Å²) in [5.74, 6) is 5.96. The first kappa shape index (κ1) is 12.0. The molecule has 0 amide bonds. The maximum absolute atomic E-state index is 4.55. The van der Waals surface area contributed by atoms with Gasteiger partial charge in [0.2, 0.25) is 0 Å². The maximum Gasteiger partial charge on any atom is 0.106 e. The Hall–Kier alpha value is -0.970. The number of hydrogen-bond donors (Lipinski definition) is 0. The molecular weight excluding hydrogens is 162 g/mol. The summed E-state index contributed by atoms with van der Waals surface area (Å²) in [5.41, 5.74) is 0. The van der Waals surface area contributed by atoms with Crippen molar-refractivity contribution in [2.75, 3.05) is 7.11 Å². The van der Waals surface area contributed by atoms with Gasteiger partial charge in [-0.1, -0.05) is 18.0 Å². The lowest BCUT2D eigenvalue weighted by atomic mass is 10.1. The summed E-state index contributed by atoms with van der Waals surface area (Å²) in [6.45, 7) is 1.89. The molecule has 0 atom stereocenters. The molecule has 0 aromatic rings. The molecule has 2 nitrogen and oxygen atoms in total. The van der Waals surface area contributed by atoms with Crippen LogP contribution in [-0.2, 0) is 4.84 Å². The third kappa shape index (κ3) is 11.0. The molecular formula is C11H19NO. The molecule has 0 heterocycles. The highest BCUT2D eigenvalue weighted by molar-refractivity contribution is 5.55. The molecule has 0 saturated carbocycles. The van der Waals surface area contributed by atoms with Gasteiger partial charge in [-0.05, 0) is 26.2 Å². The number of nitrogens with zero attached hydrogens (tertiary/aromatic N) is 1. The molecule has 0 aromatic heterocycles. The Bertz CT molecular complexity index is 176. The fraction of sp³-hybridized carbons (Fsp3) is 0.727. The van der Waals surface area contributed by atoms with E-state index in [9.17, 15) is 0 Å². The van der Waals surface area contributed by atoms with E-state index in [0.29, 0.717) is 0 Å². The molecule has 0 aliphatic heterocycles. The summed E-state index contributed by atoms with van der Waals surface area (Å²) in [5, 5.41) is 3.67. The summed E-state index contributed by atoms with van der Waals surface area (Å²) < 4.78 is 0. The van der Waals surface area contributed by atoms with Gasteiger partial charge in [-0.25, -0.2) is 0 Å². The molecule has 0 radical (unpaired) electrons. The second kappa shape index (κ2) is 11.0. The van der Waals surface area contributed by atoms with Crippen LogP contribution in [0.5, 0.6) is 0 Å². The third-order valence-electron chi connectivity index (χ3n) is 1.74. The summed E-state index contributed by atoms with van der Waals surface area (Å²) in [6, 6.07) is 0. The Morgan fingerprint density at radius 2 is 2.00 bits per heavy atom. The molecule has 0 unspecified atom stereocenters. The van der Waals surface area contributed by atoms with Crippen molar-refractivity contribution >= 4 is 6.21 Å². The monoisotopic (exact) mass is 181 g/mol. The lowest BCUT2D eigenvalue weighted by Gasteiger charge is -1.95. The largest absolute Gasteiger partial charge is 0.399 e. The molecule has 0 saturated heterocycles. The first-order chi connectivity index (χ1) is 6.41. The van der Waals surface area contributed by atoms with Crippen molar-refractivity contribution in [2.45, 2.75) is 45.4 Å². The Morgan fingerprint density at radius 1 is 1.23 bits per heavy atom. The predicted molar refractivity (Wildman–Crippen MR) is 56.7 cm³/mol. The lowest BCUT2D eigenvalue weighted by molar-refractivity contribution is 0.214. The van der Waals surface area contributed by atoms with E-state index in [1.165, 1.54) is 25.7 Å². The normalized spacial score (nSPS) is 9.69. The van der Waals surface area contributed by atoms with Crippen LogP contribution in [0.2, 0.25) is 0 Å². The van der Waals surface area contributed by atoms with E-state index in [4.69, 9.17) is 0 Å². The minimum atomic E-state index is 1.02. The van der Waals surface area contributed by atoms with Crippen LogP contribution in [0.1, 0.15) is 45.4 Å². The third-order valence-corrected chi connectivity index (χ3v) is 1.74. The van der Waals surface area contributed by atoms with Crippen LogP contribution in [0.3, 0.4) is 0 Å². The van der Waals surface area contributed by atoms with Gasteiger partial charge in [0.25, 0.3) is 0 Å². The summed E-state index contributed by atoms with van der Waals surface area (Å²) in [6.07, 6.45) is 8.85. The van der Waals surface area contributed by atoms with Crippen LogP contribution < -0.4 is 0 Å². The molecule has 13 heavy (non-hydrogen) atoms. The maximum atomic E-state index is 4.55. The predicted octanol–water partition coefficient (Wildman–Crippen LogP) is 2.98. The molecule has 0 N–H and O–H groups in total. The highest BCUT2D eigenvalue weighted by atomic mass is 16.6. The molecule has 74 valence electrons. The Balaban J connectivity index is 2.98. The Morgan fingerprint density at radius 3 is 2.69 bits per heavy atom. The molecule has 0 spiro atoms. The number of oxime groups is 1. The molecule has 0 aromatic carbocycles. The van der Waals surface area contributed by atoms with Crippen LogP contribution in [0.15, 0.2) is 5.16 Å². The van der Waals surface area contributed by atoms with Crippen molar-refractivity contribution in [3.8, 4) is 11.8 Å². The van der Waals surface area contributed by atoms with Crippen LogP contribution in [0, 0.1) is 11.8 Å². The van der Waals surface area contributed by atoms with Gasteiger partial charge in [-0.15, -0.1) is 11.8 Å². The first-order valence-electron chi connectivity index (χ1n) is 4.86. The zero-order valence-corrected chi connectivity index (χ0v) is 8.68. The van der Waals surface area contributed by atoms with E-state index in [1.54, 1.807) is 7.11 Å². The van der Waals surface area contributed by atoms with Crippen molar-refractivity contribution in [1.29, 1.82) is 0 Å². The first-order valence-corrected chi connectivity index (χ1v) is 4.86. The van der Waals surface area contributed by atoms with Crippen molar-refractivity contribution in [1.82, 2.24) is 0 Å². The van der Waals surface area contributed by atoms with Gasteiger partial charge in [0.15, 0.2) is 0 Å². The van der Waals surface area contributed by atoms with Crippen LogP contribution in [0.4, 0.5) is 0 Å². The van der Waals surface area contributed by atoms with Gasteiger partial charge in [-0.2, -0.15) is 0 Å². The van der Waals surface area contributed by atoms with E-state index in [2.05, 4.69) is 21.8 Å². The van der Waals surface area contributed by atoms with Gasteiger partial charge < -0.3 is 4.84 Å². The van der Waals surface area contributed by atoms with Crippen LogP contribution in [-0.4, -0.2) is 13.3 Å². The minimum Gasteiger partial charge on any atom is -0.399 e. The molecule has 0 aliphatic rings. The lowest BCUT2D eigenvalue weighted by Crippen LogP contribution is -1.80. The average Bonchev–Trinajstić information content (AvgIpc) is 2.16.